The minimum atomic E-state index is 0.528. The molecular formula is C17H30N2O. The highest BCUT2D eigenvalue weighted by Crippen LogP contribution is 2.12. The molecule has 0 radical (unpaired) electrons. The summed E-state index contributed by atoms with van der Waals surface area (Å²) in [6.45, 7) is 7.22. The van der Waals surface area contributed by atoms with E-state index in [4.69, 9.17) is 4.74 Å². The van der Waals surface area contributed by atoms with Gasteiger partial charge in [0.1, 0.15) is 0 Å². The van der Waals surface area contributed by atoms with E-state index in [1.54, 1.807) is 7.11 Å². The van der Waals surface area contributed by atoms with Crippen molar-refractivity contribution in [2.24, 2.45) is 5.92 Å². The Kier molecular flexibility index (Phi) is 7.82. The number of methoxy groups -OCH3 is 1. The molecule has 1 atom stereocenters. The van der Waals surface area contributed by atoms with Gasteiger partial charge in [0.2, 0.25) is 0 Å². The van der Waals surface area contributed by atoms with E-state index in [9.17, 15) is 0 Å². The van der Waals surface area contributed by atoms with Crippen molar-refractivity contribution in [3.63, 3.8) is 0 Å². The van der Waals surface area contributed by atoms with Crippen LogP contribution in [-0.2, 0) is 17.9 Å². The fourth-order valence-corrected chi connectivity index (χ4v) is 2.51. The number of hydrogen-bond acceptors (Lipinski definition) is 3. The first-order valence-electron chi connectivity index (χ1n) is 7.46. The second kappa shape index (κ2) is 9.11. The van der Waals surface area contributed by atoms with Gasteiger partial charge in [0, 0.05) is 26.2 Å². The number of likely N-dealkylation sites (N-methyl/N-ethyl adjacent to an activating group) is 1. The van der Waals surface area contributed by atoms with Gasteiger partial charge in [-0.25, -0.2) is 0 Å². The molecule has 0 fully saturated rings. The number of rotatable bonds is 9. The molecule has 0 aliphatic heterocycles. The van der Waals surface area contributed by atoms with Gasteiger partial charge < -0.3 is 15.0 Å². The molecule has 3 heteroatoms. The van der Waals surface area contributed by atoms with Crippen molar-refractivity contribution < 1.29 is 4.74 Å². The Morgan fingerprint density at radius 1 is 1.15 bits per heavy atom. The monoisotopic (exact) mass is 278 g/mol. The molecule has 0 aromatic heterocycles. The van der Waals surface area contributed by atoms with Gasteiger partial charge in [-0.05, 0) is 37.6 Å². The minimum absolute atomic E-state index is 0.528. The highest BCUT2D eigenvalue weighted by molar-refractivity contribution is 5.26. The Labute approximate surface area is 124 Å². The standard InChI is InChI=1S/C17H30N2O/c1-14(2)10-17(12-19(3)4)18-11-15-8-6-7-9-16(15)13-20-5/h6-9,14,17-18H,10-13H2,1-5H3. The number of hydrogen-bond donors (Lipinski definition) is 1. The summed E-state index contributed by atoms with van der Waals surface area (Å²) in [5.74, 6) is 0.710. The molecule has 0 saturated heterocycles. The van der Waals surface area contributed by atoms with Gasteiger partial charge >= 0.3 is 0 Å². The molecule has 0 spiro atoms. The maximum Gasteiger partial charge on any atom is 0.0716 e. The lowest BCUT2D eigenvalue weighted by molar-refractivity contribution is 0.184. The zero-order valence-electron chi connectivity index (χ0n) is 13.6. The smallest absolute Gasteiger partial charge is 0.0716 e. The Morgan fingerprint density at radius 2 is 1.80 bits per heavy atom. The van der Waals surface area contributed by atoms with Crippen LogP contribution in [0, 0.1) is 5.92 Å². The van der Waals surface area contributed by atoms with Gasteiger partial charge in [0.25, 0.3) is 0 Å². The van der Waals surface area contributed by atoms with Crippen LogP contribution in [-0.4, -0.2) is 38.7 Å². The van der Waals surface area contributed by atoms with Crippen LogP contribution in [0.3, 0.4) is 0 Å². The quantitative estimate of drug-likeness (QED) is 0.751. The molecule has 0 aliphatic carbocycles. The van der Waals surface area contributed by atoms with Crippen LogP contribution in [0.1, 0.15) is 31.4 Å². The van der Waals surface area contributed by atoms with Gasteiger partial charge in [0.15, 0.2) is 0 Å². The third-order valence-corrected chi connectivity index (χ3v) is 3.34. The van der Waals surface area contributed by atoms with E-state index >= 15 is 0 Å². The third kappa shape index (κ3) is 6.51. The number of nitrogens with one attached hydrogen (secondary N) is 1. The molecule has 20 heavy (non-hydrogen) atoms. The number of benzene rings is 1. The summed E-state index contributed by atoms with van der Waals surface area (Å²) >= 11 is 0. The summed E-state index contributed by atoms with van der Waals surface area (Å²) in [5, 5.41) is 3.70. The molecule has 1 aromatic carbocycles. The highest BCUT2D eigenvalue weighted by Gasteiger charge is 2.12. The zero-order valence-corrected chi connectivity index (χ0v) is 13.6. The maximum absolute atomic E-state index is 5.27. The lowest BCUT2D eigenvalue weighted by Crippen LogP contribution is -2.39. The Morgan fingerprint density at radius 3 is 2.35 bits per heavy atom. The van der Waals surface area contributed by atoms with Crippen LogP contribution >= 0.6 is 0 Å². The van der Waals surface area contributed by atoms with Gasteiger partial charge in [-0.1, -0.05) is 38.1 Å². The summed E-state index contributed by atoms with van der Waals surface area (Å²) in [6.07, 6.45) is 1.20. The van der Waals surface area contributed by atoms with E-state index in [2.05, 4.69) is 62.4 Å². The Balaban J connectivity index is 2.61. The first-order valence-corrected chi connectivity index (χ1v) is 7.46. The summed E-state index contributed by atoms with van der Waals surface area (Å²) in [6, 6.07) is 9.02. The van der Waals surface area contributed by atoms with E-state index < -0.39 is 0 Å². The van der Waals surface area contributed by atoms with Crippen molar-refractivity contribution >= 4 is 0 Å². The molecule has 1 rings (SSSR count). The molecule has 0 bridgehead atoms. The number of nitrogens with zero attached hydrogens (tertiary/aromatic N) is 1. The molecule has 0 saturated carbocycles. The van der Waals surface area contributed by atoms with Crippen LogP contribution in [0.2, 0.25) is 0 Å². The zero-order chi connectivity index (χ0) is 15.0. The summed E-state index contributed by atoms with van der Waals surface area (Å²) in [4.78, 5) is 2.25. The van der Waals surface area contributed by atoms with Crippen LogP contribution in [0.4, 0.5) is 0 Å². The second-order valence-corrected chi connectivity index (χ2v) is 6.17. The van der Waals surface area contributed by atoms with E-state index in [-0.39, 0.29) is 0 Å². The van der Waals surface area contributed by atoms with Crippen LogP contribution < -0.4 is 5.32 Å². The highest BCUT2D eigenvalue weighted by atomic mass is 16.5. The maximum atomic E-state index is 5.27. The lowest BCUT2D eigenvalue weighted by Gasteiger charge is -2.24. The fraction of sp³-hybridized carbons (Fsp3) is 0.647. The predicted molar refractivity (Wildman–Crippen MR) is 85.8 cm³/mol. The van der Waals surface area contributed by atoms with E-state index in [1.807, 2.05) is 0 Å². The Hall–Kier alpha value is -0.900. The van der Waals surface area contributed by atoms with Crippen molar-refractivity contribution in [2.75, 3.05) is 27.7 Å². The second-order valence-electron chi connectivity index (χ2n) is 6.17. The average molecular weight is 278 g/mol. The van der Waals surface area contributed by atoms with Gasteiger partial charge in [-0.3, -0.25) is 0 Å². The van der Waals surface area contributed by atoms with E-state index in [0.717, 1.165) is 13.1 Å². The van der Waals surface area contributed by atoms with E-state index in [1.165, 1.54) is 17.5 Å². The van der Waals surface area contributed by atoms with Crippen molar-refractivity contribution in [1.82, 2.24) is 10.2 Å². The summed E-state index contributed by atoms with van der Waals surface area (Å²) in [7, 11) is 6.01. The first kappa shape index (κ1) is 17.2. The number of ether oxygens (including phenoxy) is 1. The minimum Gasteiger partial charge on any atom is -0.380 e. The molecule has 0 aliphatic rings. The van der Waals surface area contributed by atoms with Gasteiger partial charge in [0.05, 0.1) is 6.61 Å². The van der Waals surface area contributed by atoms with Crippen LogP contribution in [0.25, 0.3) is 0 Å². The van der Waals surface area contributed by atoms with Crippen molar-refractivity contribution in [3.05, 3.63) is 35.4 Å². The average Bonchev–Trinajstić information content (AvgIpc) is 2.36. The van der Waals surface area contributed by atoms with E-state index in [0.29, 0.717) is 18.6 Å². The predicted octanol–water partition coefficient (Wildman–Crippen LogP) is 2.90. The summed E-state index contributed by atoms with van der Waals surface area (Å²) < 4.78 is 5.27. The normalized spacial score (nSPS) is 13.2. The largest absolute Gasteiger partial charge is 0.380 e. The van der Waals surface area contributed by atoms with Crippen LogP contribution in [0.5, 0.6) is 0 Å². The molecule has 0 heterocycles. The topological polar surface area (TPSA) is 24.5 Å². The fourth-order valence-electron chi connectivity index (χ4n) is 2.51. The third-order valence-electron chi connectivity index (χ3n) is 3.34. The SMILES string of the molecule is COCc1ccccc1CNC(CC(C)C)CN(C)C. The van der Waals surface area contributed by atoms with Crippen molar-refractivity contribution in [2.45, 2.75) is 39.5 Å². The first-order chi connectivity index (χ1) is 9.52. The molecule has 1 N–H and O–H groups in total. The van der Waals surface area contributed by atoms with Crippen molar-refractivity contribution in [3.8, 4) is 0 Å². The van der Waals surface area contributed by atoms with Gasteiger partial charge in [-0.2, -0.15) is 0 Å². The molecule has 3 nitrogen and oxygen atoms in total. The molecule has 1 aromatic rings. The van der Waals surface area contributed by atoms with Crippen LogP contribution in [0.15, 0.2) is 24.3 Å². The lowest BCUT2D eigenvalue weighted by atomic mass is 10.0. The Bertz CT molecular complexity index is 367. The molecular weight excluding hydrogens is 248 g/mol. The molecule has 0 amide bonds. The van der Waals surface area contributed by atoms with Gasteiger partial charge in [-0.15, -0.1) is 0 Å². The summed E-state index contributed by atoms with van der Waals surface area (Å²) in [5.41, 5.74) is 2.61. The molecule has 114 valence electrons. The van der Waals surface area contributed by atoms with Crippen molar-refractivity contribution in [1.29, 1.82) is 0 Å². The molecule has 1 unspecified atom stereocenters.